The summed E-state index contributed by atoms with van der Waals surface area (Å²) in [6.45, 7) is 7.67. The second-order valence-electron chi connectivity index (χ2n) is 5.38. The zero-order valence-electron chi connectivity index (χ0n) is 12.8. The lowest BCUT2D eigenvalue weighted by Crippen LogP contribution is -2.24. The average molecular weight is 297 g/mol. The van der Waals surface area contributed by atoms with Crippen LogP contribution in [0.1, 0.15) is 39.9 Å². The number of aryl methyl sites for hydroxylation is 1. The monoisotopic (exact) mass is 297 g/mol. The maximum atomic E-state index is 11.7. The van der Waals surface area contributed by atoms with Crippen LogP contribution in [-0.2, 0) is 16.0 Å². The van der Waals surface area contributed by atoms with Crippen LogP contribution in [0, 0.1) is 0 Å². The van der Waals surface area contributed by atoms with E-state index in [1.807, 2.05) is 33.9 Å². The van der Waals surface area contributed by atoms with E-state index in [9.17, 15) is 4.79 Å². The number of hydrogen-bond acceptors (Lipinski definition) is 6. The van der Waals surface area contributed by atoms with Gasteiger partial charge in [-0.1, -0.05) is 18.7 Å². The van der Waals surface area contributed by atoms with Crippen molar-refractivity contribution in [2.24, 2.45) is 0 Å². The van der Waals surface area contributed by atoms with E-state index in [2.05, 4.69) is 22.2 Å². The molecule has 0 fully saturated rings. The summed E-state index contributed by atoms with van der Waals surface area (Å²) in [4.78, 5) is 20.5. The molecule has 0 aliphatic carbocycles. The summed E-state index contributed by atoms with van der Waals surface area (Å²) in [5.41, 5.74) is -0.452. The first-order chi connectivity index (χ1) is 9.34. The number of carbonyl (C=O) groups is 1. The van der Waals surface area contributed by atoms with Gasteiger partial charge in [-0.2, -0.15) is 0 Å². The van der Waals surface area contributed by atoms with E-state index in [1.165, 1.54) is 11.8 Å². The Kier molecular flexibility index (Phi) is 6.26. The largest absolute Gasteiger partial charge is 0.459 e. The minimum atomic E-state index is -0.452. The fraction of sp³-hybridized carbons (Fsp3) is 0.643. The van der Waals surface area contributed by atoms with Crippen LogP contribution in [0.25, 0.3) is 0 Å². The summed E-state index contributed by atoms with van der Waals surface area (Å²) >= 11 is 1.37. The van der Waals surface area contributed by atoms with E-state index in [0.717, 1.165) is 29.5 Å². The molecule has 0 bridgehead atoms. The molecule has 0 aliphatic rings. The minimum absolute atomic E-state index is 0.232. The predicted molar refractivity (Wildman–Crippen MR) is 82.1 cm³/mol. The molecule has 1 heterocycles. The van der Waals surface area contributed by atoms with Crippen molar-refractivity contribution < 1.29 is 9.53 Å². The average Bonchev–Trinajstić information content (AvgIpc) is 2.34. The third-order valence-corrected chi connectivity index (χ3v) is 3.12. The lowest BCUT2D eigenvalue weighted by molar-refractivity contribution is -0.151. The van der Waals surface area contributed by atoms with Gasteiger partial charge in [0.1, 0.15) is 22.3 Å². The molecule has 0 aliphatic heterocycles. The van der Waals surface area contributed by atoms with Crippen LogP contribution in [0.5, 0.6) is 0 Å². The first-order valence-corrected chi connectivity index (χ1v) is 7.73. The Hall–Kier alpha value is -1.30. The molecule has 0 radical (unpaired) electrons. The smallest absolute Gasteiger partial charge is 0.316 e. The highest BCUT2D eigenvalue weighted by Crippen LogP contribution is 2.20. The molecule has 1 aromatic heterocycles. The molecule has 1 aromatic rings. The number of thioether (sulfide) groups is 1. The number of nitrogens with zero attached hydrogens (tertiary/aromatic N) is 2. The summed E-state index contributed by atoms with van der Waals surface area (Å²) in [6, 6.07) is 1.84. The van der Waals surface area contributed by atoms with Gasteiger partial charge in [-0.05, 0) is 27.2 Å². The normalized spacial score (nSPS) is 11.2. The molecule has 0 saturated carbocycles. The lowest BCUT2D eigenvalue weighted by atomic mass is 10.2. The van der Waals surface area contributed by atoms with Gasteiger partial charge in [-0.25, -0.2) is 9.97 Å². The zero-order chi connectivity index (χ0) is 15.2. The molecule has 1 rings (SSSR count). The predicted octanol–water partition coefficient (Wildman–Crippen LogP) is 2.90. The molecular weight excluding hydrogens is 274 g/mol. The van der Waals surface area contributed by atoms with Crippen molar-refractivity contribution >= 4 is 23.5 Å². The van der Waals surface area contributed by atoms with Crippen LogP contribution in [0.3, 0.4) is 0 Å². The molecule has 0 aromatic carbocycles. The van der Waals surface area contributed by atoms with Crippen molar-refractivity contribution in [2.75, 3.05) is 18.1 Å². The molecule has 1 N–H and O–H groups in total. The molecule has 20 heavy (non-hydrogen) atoms. The zero-order valence-corrected chi connectivity index (χ0v) is 13.6. The number of ether oxygens (including phenoxy) is 1. The van der Waals surface area contributed by atoms with Gasteiger partial charge in [0.2, 0.25) is 0 Å². The molecule has 0 spiro atoms. The Bertz CT molecular complexity index is 458. The van der Waals surface area contributed by atoms with Gasteiger partial charge in [0.05, 0.1) is 5.75 Å². The topological polar surface area (TPSA) is 64.1 Å². The van der Waals surface area contributed by atoms with Crippen molar-refractivity contribution in [3.8, 4) is 0 Å². The standard InChI is InChI=1S/C14H23N3O2S/c1-6-7-10-16-11(15-5)8-12(17-10)20-9-13(18)19-14(2,3)4/h8H,6-7,9H2,1-5H3,(H,15,16,17). The van der Waals surface area contributed by atoms with Gasteiger partial charge in [-0.15, -0.1) is 0 Å². The molecule has 112 valence electrons. The van der Waals surface area contributed by atoms with Gasteiger partial charge < -0.3 is 10.1 Å². The minimum Gasteiger partial charge on any atom is -0.459 e. The highest BCUT2D eigenvalue weighted by Gasteiger charge is 2.16. The van der Waals surface area contributed by atoms with Crippen LogP contribution in [0.4, 0.5) is 5.82 Å². The van der Waals surface area contributed by atoms with Crippen LogP contribution >= 0.6 is 11.8 Å². The molecule has 5 nitrogen and oxygen atoms in total. The van der Waals surface area contributed by atoms with Gasteiger partial charge >= 0.3 is 5.97 Å². The second kappa shape index (κ2) is 7.47. The SMILES string of the molecule is CCCc1nc(NC)cc(SCC(=O)OC(C)(C)C)n1. The van der Waals surface area contributed by atoms with Gasteiger partial charge in [0.15, 0.2) is 0 Å². The molecule has 0 saturated heterocycles. The highest BCUT2D eigenvalue weighted by atomic mass is 32.2. The van der Waals surface area contributed by atoms with Crippen LogP contribution in [-0.4, -0.2) is 34.3 Å². The molecule has 6 heteroatoms. The third-order valence-electron chi connectivity index (χ3n) is 2.24. The Labute approximate surface area is 124 Å². The van der Waals surface area contributed by atoms with Gasteiger partial charge in [0.25, 0.3) is 0 Å². The maximum absolute atomic E-state index is 11.7. The van der Waals surface area contributed by atoms with Crippen molar-refractivity contribution in [2.45, 2.75) is 51.2 Å². The second-order valence-corrected chi connectivity index (χ2v) is 6.38. The maximum Gasteiger partial charge on any atom is 0.316 e. The quantitative estimate of drug-likeness (QED) is 0.495. The lowest BCUT2D eigenvalue weighted by Gasteiger charge is -2.19. The summed E-state index contributed by atoms with van der Waals surface area (Å²) in [5, 5.41) is 3.80. The summed E-state index contributed by atoms with van der Waals surface area (Å²) in [6.07, 6.45) is 1.82. The van der Waals surface area contributed by atoms with Crippen LogP contribution in [0.2, 0.25) is 0 Å². The summed E-state index contributed by atoms with van der Waals surface area (Å²) in [5.74, 6) is 1.59. The Morgan fingerprint density at radius 1 is 1.40 bits per heavy atom. The first-order valence-electron chi connectivity index (χ1n) is 6.74. The highest BCUT2D eigenvalue weighted by molar-refractivity contribution is 7.99. The van der Waals surface area contributed by atoms with Crippen molar-refractivity contribution in [3.63, 3.8) is 0 Å². The summed E-state index contributed by atoms with van der Waals surface area (Å²) < 4.78 is 5.27. The summed E-state index contributed by atoms with van der Waals surface area (Å²) in [7, 11) is 1.82. The molecule has 0 atom stereocenters. The molecule has 0 amide bonds. The number of rotatable bonds is 6. The first kappa shape index (κ1) is 16.8. The Morgan fingerprint density at radius 3 is 2.65 bits per heavy atom. The van der Waals surface area contributed by atoms with Crippen molar-refractivity contribution in [1.29, 1.82) is 0 Å². The Morgan fingerprint density at radius 2 is 2.10 bits per heavy atom. The fourth-order valence-electron chi connectivity index (χ4n) is 1.51. The van der Waals surface area contributed by atoms with E-state index in [1.54, 1.807) is 0 Å². The number of esters is 1. The van der Waals surface area contributed by atoms with E-state index >= 15 is 0 Å². The number of nitrogens with one attached hydrogen (secondary N) is 1. The number of carbonyl (C=O) groups excluding carboxylic acids is 1. The number of anilines is 1. The number of aromatic nitrogens is 2. The van der Waals surface area contributed by atoms with Gasteiger partial charge in [0, 0.05) is 19.5 Å². The third kappa shape index (κ3) is 6.23. The van der Waals surface area contributed by atoms with E-state index in [0.29, 0.717) is 0 Å². The van der Waals surface area contributed by atoms with Crippen molar-refractivity contribution in [3.05, 3.63) is 11.9 Å². The molecule has 0 unspecified atom stereocenters. The van der Waals surface area contributed by atoms with Crippen LogP contribution in [0.15, 0.2) is 11.1 Å². The Balaban J connectivity index is 2.67. The van der Waals surface area contributed by atoms with E-state index < -0.39 is 5.60 Å². The van der Waals surface area contributed by atoms with Gasteiger partial charge in [-0.3, -0.25) is 4.79 Å². The van der Waals surface area contributed by atoms with E-state index in [4.69, 9.17) is 4.74 Å². The molecular formula is C14H23N3O2S. The van der Waals surface area contributed by atoms with Crippen molar-refractivity contribution in [1.82, 2.24) is 9.97 Å². The van der Waals surface area contributed by atoms with Crippen LogP contribution < -0.4 is 5.32 Å². The fourth-order valence-corrected chi connectivity index (χ4v) is 2.20. The number of hydrogen-bond donors (Lipinski definition) is 1. The van der Waals surface area contributed by atoms with E-state index in [-0.39, 0.29) is 11.7 Å².